The normalized spacial score (nSPS) is 12.5. The summed E-state index contributed by atoms with van der Waals surface area (Å²) in [5, 5.41) is 8.70. The van der Waals surface area contributed by atoms with Gasteiger partial charge in [-0.2, -0.15) is 0 Å². The van der Waals surface area contributed by atoms with Crippen molar-refractivity contribution in [2.24, 2.45) is 0 Å². The molecule has 0 aromatic heterocycles. The standard InChI is InChI=1S/C9H9ClO2S/c1-5(11)8(10)6-3-2-4-7(13)9(6)12/h2-4,8,12-13H,1H3. The highest BCUT2D eigenvalue weighted by atomic mass is 35.5. The fourth-order valence-electron chi connectivity index (χ4n) is 0.972. The molecule has 4 heteroatoms. The summed E-state index contributed by atoms with van der Waals surface area (Å²) in [7, 11) is 0. The third-order valence-electron chi connectivity index (χ3n) is 1.68. The Morgan fingerprint density at radius 3 is 2.77 bits per heavy atom. The predicted octanol–water partition coefficient (Wildman–Crippen LogP) is 2.55. The Kier molecular flexibility index (Phi) is 3.22. The molecule has 0 amide bonds. The van der Waals surface area contributed by atoms with Gasteiger partial charge in [0.05, 0.1) is 0 Å². The Bertz CT molecular complexity index is 338. The molecule has 1 rings (SSSR count). The van der Waals surface area contributed by atoms with Crippen LogP contribution in [0.15, 0.2) is 23.1 Å². The number of carbonyl (C=O) groups is 1. The summed E-state index contributed by atoms with van der Waals surface area (Å²) >= 11 is 9.79. The lowest BCUT2D eigenvalue weighted by molar-refractivity contribution is -0.116. The second-order valence-electron chi connectivity index (χ2n) is 2.69. The first-order chi connectivity index (χ1) is 6.04. The van der Waals surface area contributed by atoms with E-state index in [2.05, 4.69) is 12.6 Å². The Morgan fingerprint density at radius 2 is 2.23 bits per heavy atom. The van der Waals surface area contributed by atoms with Gasteiger partial charge < -0.3 is 5.11 Å². The Morgan fingerprint density at radius 1 is 1.62 bits per heavy atom. The van der Waals surface area contributed by atoms with Crippen LogP contribution in [0.5, 0.6) is 5.75 Å². The third kappa shape index (κ3) is 2.17. The van der Waals surface area contributed by atoms with Gasteiger partial charge in [-0.3, -0.25) is 4.79 Å². The van der Waals surface area contributed by atoms with Gasteiger partial charge >= 0.3 is 0 Å². The SMILES string of the molecule is CC(=O)C(Cl)c1cccc(S)c1O. The summed E-state index contributed by atoms with van der Waals surface area (Å²) in [5.74, 6) is -0.225. The van der Waals surface area contributed by atoms with Crippen LogP contribution in [0.25, 0.3) is 0 Å². The second-order valence-corrected chi connectivity index (χ2v) is 3.61. The lowest BCUT2D eigenvalue weighted by Crippen LogP contribution is -2.01. The quantitative estimate of drug-likeness (QED) is 0.589. The molecule has 0 spiro atoms. The minimum Gasteiger partial charge on any atom is -0.506 e. The number of aromatic hydroxyl groups is 1. The van der Waals surface area contributed by atoms with Crippen molar-refractivity contribution in [1.29, 1.82) is 0 Å². The van der Waals surface area contributed by atoms with Crippen LogP contribution in [0.3, 0.4) is 0 Å². The molecule has 1 aromatic rings. The van der Waals surface area contributed by atoms with E-state index in [1.54, 1.807) is 18.2 Å². The van der Waals surface area contributed by atoms with Crippen LogP contribution in [0.2, 0.25) is 0 Å². The monoisotopic (exact) mass is 216 g/mol. The Labute approximate surface area is 86.9 Å². The minimum atomic E-state index is -0.799. The maximum Gasteiger partial charge on any atom is 0.152 e. The zero-order valence-electron chi connectivity index (χ0n) is 6.99. The molecule has 0 aliphatic rings. The van der Waals surface area contributed by atoms with Crippen molar-refractivity contribution in [1.82, 2.24) is 0 Å². The number of halogens is 1. The molecule has 0 radical (unpaired) electrons. The van der Waals surface area contributed by atoms with E-state index < -0.39 is 5.38 Å². The number of hydrogen-bond acceptors (Lipinski definition) is 3. The number of para-hydroxylation sites is 1. The number of rotatable bonds is 2. The van der Waals surface area contributed by atoms with E-state index in [-0.39, 0.29) is 11.5 Å². The number of phenols is 1. The minimum absolute atomic E-state index is 0.0268. The first kappa shape index (κ1) is 10.4. The summed E-state index contributed by atoms with van der Waals surface area (Å²) in [6, 6.07) is 4.93. The van der Waals surface area contributed by atoms with Crippen molar-refractivity contribution >= 4 is 30.0 Å². The molecule has 0 saturated heterocycles. The molecule has 2 nitrogen and oxygen atoms in total. The van der Waals surface area contributed by atoms with Gasteiger partial charge in [0.25, 0.3) is 0 Å². The van der Waals surface area contributed by atoms with Gasteiger partial charge in [0.1, 0.15) is 11.1 Å². The molecule has 0 fully saturated rings. The molecule has 1 unspecified atom stereocenters. The number of alkyl halides is 1. The van der Waals surface area contributed by atoms with Gasteiger partial charge in [-0.15, -0.1) is 24.2 Å². The molecule has 13 heavy (non-hydrogen) atoms. The average molecular weight is 217 g/mol. The molecule has 0 saturated carbocycles. The van der Waals surface area contributed by atoms with Gasteiger partial charge in [0.15, 0.2) is 5.78 Å². The summed E-state index contributed by atoms with van der Waals surface area (Å²) in [6.45, 7) is 1.38. The van der Waals surface area contributed by atoms with Crippen molar-refractivity contribution < 1.29 is 9.90 Å². The molecule has 70 valence electrons. The average Bonchev–Trinajstić information content (AvgIpc) is 2.08. The molecule has 1 atom stereocenters. The predicted molar refractivity (Wildman–Crippen MR) is 54.6 cm³/mol. The number of carbonyl (C=O) groups excluding carboxylic acids is 1. The largest absolute Gasteiger partial charge is 0.506 e. The third-order valence-corrected chi connectivity index (χ3v) is 2.58. The molecule has 0 aliphatic carbocycles. The van der Waals surface area contributed by atoms with Crippen LogP contribution in [0.4, 0.5) is 0 Å². The number of phenolic OH excluding ortho intramolecular Hbond substituents is 1. The van der Waals surface area contributed by atoms with E-state index in [0.717, 1.165) is 0 Å². The van der Waals surface area contributed by atoms with Crippen LogP contribution in [0.1, 0.15) is 17.9 Å². The van der Waals surface area contributed by atoms with Gasteiger partial charge in [-0.1, -0.05) is 12.1 Å². The van der Waals surface area contributed by atoms with Crippen molar-refractivity contribution in [3.63, 3.8) is 0 Å². The van der Waals surface area contributed by atoms with E-state index in [4.69, 9.17) is 11.6 Å². The summed E-state index contributed by atoms with van der Waals surface area (Å²) in [6.07, 6.45) is 0. The van der Waals surface area contributed by atoms with Crippen molar-refractivity contribution in [3.05, 3.63) is 23.8 Å². The molecule has 1 aromatic carbocycles. The van der Waals surface area contributed by atoms with Crippen LogP contribution in [0, 0.1) is 0 Å². The summed E-state index contributed by atoms with van der Waals surface area (Å²) in [5.41, 5.74) is 0.404. The van der Waals surface area contributed by atoms with Crippen LogP contribution >= 0.6 is 24.2 Å². The zero-order valence-corrected chi connectivity index (χ0v) is 8.64. The van der Waals surface area contributed by atoms with Crippen molar-refractivity contribution in [3.8, 4) is 5.75 Å². The van der Waals surface area contributed by atoms with E-state index in [9.17, 15) is 9.90 Å². The maximum absolute atomic E-state index is 10.9. The first-order valence-electron chi connectivity index (χ1n) is 3.69. The van der Waals surface area contributed by atoms with Gasteiger partial charge in [-0.05, 0) is 13.0 Å². The van der Waals surface area contributed by atoms with Crippen LogP contribution in [-0.2, 0) is 4.79 Å². The highest BCUT2D eigenvalue weighted by Gasteiger charge is 2.17. The maximum atomic E-state index is 10.9. The number of benzene rings is 1. The first-order valence-corrected chi connectivity index (χ1v) is 4.57. The lowest BCUT2D eigenvalue weighted by Gasteiger charge is -2.09. The lowest BCUT2D eigenvalue weighted by atomic mass is 10.1. The number of Topliss-reactive ketones (excluding diaryl/α,β-unsaturated/α-hetero) is 1. The second kappa shape index (κ2) is 4.03. The van der Waals surface area contributed by atoms with Crippen molar-refractivity contribution in [2.75, 3.05) is 0 Å². The Balaban J connectivity index is 3.15. The summed E-state index contributed by atoms with van der Waals surface area (Å²) in [4.78, 5) is 11.4. The van der Waals surface area contributed by atoms with E-state index >= 15 is 0 Å². The molecule has 0 heterocycles. The topological polar surface area (TPSA) is 37.3 Å². The van der Waals surface area contributed by atoms with Gasteiger partial charge in [-0.25, -0.2) is 0 Å². The Hall–Kier alpha value is -0.670. The number of hydrogen-bond donors (Lipinski definition) is 2. The van der Waals surface area contributed by atoms with Crippen LogP contribution in [-0.4, -0.2) is 10.9 Å². The van der Waals surface area contributed by atoms with E-state index in [1.165, 1.54) is 6.92 Å². The zero-order chi connectivity index (χ0) is 10.0. The van der Waals surface area contributed by atoms with Crippen molar-refractivity contribution in [2.45, 2.75) is 17.2 Å². The van der Waals surface area contributed by atoms with E-state index in [0.29, 0.717) is 10.5 Å². The smallest absolute Gasteiger partial charge is 0.152 e. The van der Waals surface area contributed by atoms with Gasteiger partial charge in [0.2, 0.25) is 0 Å². The summed E-state index contributed by atoms with van der Waals surface area (Å²) < 4.78 is 0. The molecular formula is C9H9ClO2S. The molecular weight excluding hydrogens is 208 g/mol. The highest BCUT2D eigenvalue weighted by Crippen LogP contribution is 2.33. The number of ketones is 1. The van der Waals surface area contributed by atoms with Crippen LogP contribution < -0.4 is 0 Å². The molecule has 1 N–H and O–H groups in total. The van der Waals surface area contributed by atoms with Gasteiger partial charge in [0, 0.05) is 10.5 Å². The fourth-order valence-corrected chi connectivity index (χ4v) is 1.36. The molecule has 0 aliphatic heterocycles. The number of thiol groups is 1. The fraction of sp³-hybridized carbons (Fsp3) is 0.222. The van der Waals surface area contributed by atoms with E-state index in [1.807, 2.05) is 0 Å². The molecule has 0 bridgehead atoms. The highest BCUT2D eigenvalue weighted by molar-refractivity contribution is 7.80.